The molecule has 0 saturated heterocycles. The molecule has 9 heteroatoms. The number of hydrogen-bond donors (Lipinski definition) is 1. The van der Waals surface area contributed by atoms with Gasteiger partial charge in [0.1, 0.15) is 11.0 Å². The number of benzene rings is 1. The van der Waals surface area contributed by atoms with Gasteiger partial charge >= 0.3 is 0 Å². The summed E-state index contributed by atoms with van der Waals surface area (Å²) in [6, 6.07) is 3.52. The average Bonchev–Trinajstić information content (AvgIpc) is 2.29. The molecule has 0 spiro atoms. The number of ether oxygens (including phenoxy) is 1. The molecule has 1 aromatic rings. The Morgan fingerprint density at radius 1 is 1.53 bits per heavy atom. The van der Waals surface area contributed by atoms with E-state index >= 15 is 0 Å². The third-order valence-corrected chi connectivity index (χ3v) is 3.49. The minimum absolute atomic E-state index is 0.0490. The third kappa shape index (κ3) is 3.46. The van der Waals surface area contributed by atoms with E-state index in [0.29, 0.717) is 0 Å². The molecular formula is C8H9ClN2O5S. The van der Waals surface area contributed by atoms with E-state index in [2.05, 4.69) is 4.72 Å². The lowest BCUT2D eigenvalue weighted by atomic mass is 10.2. The molecule has 1 N–H and O–H groups in total. The summed E-state index contributed by atoms with van der Waals surface area (Å²) >= 11 is 5.22. The van der Waals surface area contributed by atoms with Crippen molar-refractivity contribution in [1.29, 1.82) is 0 Å². The van der Waals surface area contributed by atoms with E-state index in [-0.39, 0.29) is 17.1 Å². The van der Waals surface area contributed by atoms with Gasteiger partial charge < -0.3 is 4.74 Å². The second kappa shape index (κ2) is 5.19. The van der Waals surface area contributed by atoms with E-state index in [0.717, 1.165) is 12.1 Å². The van der Waals surface area contributed by atoms with E-state index in [1.807, 2.05) is 0 Å². The Bertz CT molecular complexity index is 531. The molecular weight excluding hydrogens is 272 g/mol. The number of anilines is 1. The van der Waals surface area contributed by atoms with E-state index in [9.17, 15) is 18.5 Å². The van der Waals surface area contributed by atoms with Crippen molar-refractivity contribution in [2.45, 2.75) is 0 Å². The number of non-ortho nitro benzene ring substituents is 1. The van der Waals surface area contributed by atoms with Gasteiger partial charge in [-0.3, -0.25) is 14.8 Å². The van der Waals surface area contributed by atoms with Crippen LogP contribution in [0.5, 0.6) is 5.75 Å². The fraction of sp³-hybridized carbons (Fsp3) is 0.250. The van der Waals surface area contributed by atoms with Crippen molar-refractivity contribution in [2.24, 2.45) is 0 Å². The number of sulfonamides is 1. The summed E-state index contributed by atoms with van der Waals surface area (Å²) in [5.41, 5.74) is -0.102. The molecule has 0 fully saturated rings. The van der Waals surface area contributed by atoms with Crippen LogP contribution in [0.3, 0.4) is 0 Å². The molecule has 0 aliphatic rings. The second-order valence-corrected chi connectivity index (χ2v) is 5.27. The lowest BCUT2D eigenvalue weighted by Gasteiger charge is -2.09. The molecule has 0 radical (unpaired) electrons. The molecule has 1 rings (SSSR count). The Labute approximate surface area is 103 Å². The Morgan fingerprint density at radius 2 is 2.18 bits per heavy atom. The van der Waals surface area contributed by atoms with Crippen LogP contribution < -0.4 is 9.46 Å². The van der Waals surface area contributed by atoms with Crippen LogP contribution >= 0.6 is 11.6 Å². The summed E-state index contributed by atoms with van der Waals surface area (Å²) in [7, 11) is -2.40. The smallest absolute Gasteiger partial charge is 0.273 e. The average molecular weight is 281 g/mol. The highest BCUT2D eigenvalue weighted by atomic mass is 35.5. The maximum atomic E-state index is 11.2. The van der Waals surface area contributed by atoms with Crippen molar-refractivity contribution >= 4 is 33.0 Å². The maximum Gasteiger partial charge on any atom is 0.273 e. The zero-order valence-electron chi connectivity index (χ0n) is 8.71. The fourth-order valence-corrected chi connectivity index (χ4v) is 1.79. The van der Waals surface area contributed by atoms with Crippen molar-refractivity contribution < 1.29 is 18.1 Å². The van der Waals surface area contributed by atoms with Gasteiger partial charge in [-0.25, -0.2) is 8.42 Å². The van der Waals surface area contributed by atoms with Crippen LogP contribution in [0.15, 0.2) is 18.2 Å². The zero-order valence-corrected chi connectivity index (χ0v) is 10.3. The summed E-state index contributed by atoms with van der Waals surface area (Å²) < 4.78 is 29.4. The molecule has 0 heterocycles. The SMILES string of the molecule is COc1cc([N+](=O)[O-])ccc1NS(=O)(=O)CCl. The Morgan fingerprint density at radius 3 is 2.65 bits per heavy atom. The van der Waals surface area contributed by atoms with Crippen LogP contribution in [0.25, 0.3) is 0 Å². The largest absolute Gasteiger partial charge is 0.494 e. The molecule has 0 saturated carbocycles. The first-order chi connectivity index (χ1) is 7.89. The van der Waals surface area contributed by atoms with Crippen LogP contribution in [0.1, 0.15) is 0 Å². The minimum Gasteiger partial charge on any atom is -0.494 e. The quantitative estimate of drug-likeness (QED) is 0.501. The zero-order chi connectivity index (χ0) is 13.1. The first-order valence-electron chi connectivity index (χ1n) is 4.28. The molecule has 0 atom stereocenters. The molecule has 0 aliphatic carbocycles. The molecule has 0 amide bonds. The number of methoxy groups -OCH3 is 1. The summed E-state index contributed by atoms with van der Waals surface area (Å²) in [6.45, 7) is 0. The monoisotopic (exact) mass is 280 g/mol. The van der Waals surface area contributed by atoms with Crippen LogP contribution in [-0.2, 0) is 10.0 Å². The second-order valence-electron chi connectivity index (χ2n) is 2.97. The Kier molecular flexibility index (Phi) is 4.13. The molecule has 17 heavy (non-hydrogen) atoms. The Hall–Kier alpha value is -1.54. The van der Waals surface area contributed by atoms with Gasteiger partial charge in [-0.1, -0.05) is 0 Å². The molecule has 0 bridgehead atoms. The van der Waals surface area contributed by atoms with Crippen molar-refractivity contribution in [3.63, 3.8) is 0 Å². The van der Waals surface area contributed by atoms with Gasteiger partial charge in [-0.05, 0) is 6.07 Å². The first-order valence-corrected chi connectivity index (χ1v) is 6.47. The van der Waals surface area contributed by atoms with Gasteiger partial charge in [0, 0.05) is 6.07 Å². The number of hydrogen-bond acceptors (Lipinski definition) is 5. The number of nitrogens with one attached hydrogen (secondary N) is 1. The van der Waals surface area contributed by atoms with Crippen molar-refractivity contribution in [2.75, 3.05) is 17.0 Å². The van der Waals surface area contributed by atoms with E-state index < -0.39 is 20.2 Å². The van der Waals surface area contributed by atoms with Crippen LogP contribution in [0.2, 0.25) is 0 Å². The Balaban J connectivity index is 3.14. The number of alkyl halides is 1. The van der Waals surface area contributed by atoms with Gasteiger partial charge in [-0.15, -0.1) is 11.6 Å². The highest BCUT2D eigenvalue weighted by Gasteiger charge is 2.15. The third-order valence-electron chi connectivity index (χ3n) is 1.81. The fourth-order valence-electron chi connectivity index (χ4n) is 1.07. The van der Waals surface area contributed by atoms with Crippen LogP contribution in [0, 0.1) is 10.1 Å². The van der Waals surface area contributed by atoms with Gasteiger partial charge in [0.05, 0.1) is 23.8 Å². The molecule has 0 unspecified atom stereocenters. The lowest BCUT2D eigenvalue weighted by Crippen LogP contribution is -2.14. The predicted molar refractivity (Wildman–Crippen MR) is 62.9 cm³/mol. The van der Waals surface area contributed by atoms with E-state index in [1.54, 1.807) is 0 Å². The summed E-state index contributed by atoms with van der Waals surface area (Å²) in [6.07, 6.45) is 0. The van der Waals surface area contributed by atoms with E-state index in [1.165, 1.54) is 13.2 Å². The normalized spacial score (nSPS) is 10.9. The van der Waals surface area contributed by atoms with Crippen molar-refractivity contribution in [3.8, 4) is 5.75 Å². The minimum atomic E-state index is -3.67. The molecule has 94 valence electrons. The van der Waals surface area contributed by atoms with Crippen molar-refractivity contribution in [3.05, 3.63) is 28.3 Å². The first kappa shape index (κ1) is 13.5. The number of rotatable bonds is 5. The standard InChI is InChI=1S/C8H9ClN2O5S/c1-16-8-4-6(11(12)13)2-3-7(8)10-17(14,15)5-9/h2-4,10H,5H2,1H3. The van der Waals surface area contributed by atoms with Crippen LogP contribution in [-0.4, -0.2) is 25.7 Å². The lowest BCUT2D eigenvalue weighted by molar-refractivity contribution is -0.384. The summed E-state index contributed by atoms with van der Waals surface area (Å²) in [5.74, 6) is 0.0490. The molecule has 0 aromatic heterocycles. The topological polar surface area (TPSA) is 98.5 Å². The molecule has 0 aliphatic heterocycles. The van der Waals surface area contributed by atoms with Gasteiger partial charge in [0.15, 0.2) is 0 Å². The number of nitro groups is 1. The number of nitrogens with zero attached hydrogens (tertiary/aromatic N) is 1. The van der Waals surface area contributed by atoms with Crippen LogP contribution in [0.4, 0.5) is 11.4 Å². The van der Waals surface area contributed by atoms with Gasteiger partial charge in [0.25, 0.3) is 5.69 Å². The van der Waals surface area contributed by atoms with Gasteiger partial charge in [0.2, 0.25) is 10.0 Å². The van der Waals surface area contributed by atoms with Gasteiger partial charge in [-0.2, -0.15) is 0 Å². The predicted octanol–water partition coefficient (Wildman–Crippen LogP) is 1.54. The maximum absolute atomic E-state index is 11.2. The number of nitro benzene ring substituents is 1. The molecule has 1 aromatic carbocycles. The number of halogens is 1. The van der Waals surface area contributed by atoms with Crippen molar-refractivity contribution in [1.82, 2.24) is 0 Å². The van der Waals surface area contributed by atoms with E-state index in [4.69, 9.17) is 16.3 Å². The summed E-state index contributed by atoms with van der Waals surface area (Å²) in [4.78, 5) is 9.90. The molecule has 7 nitrogen and oxygen atoms in total. The highest BCUT2D eigenvalue weighted by molar-refractivity contribution is 7.93. The summed E-state index contributed by atoms with van der Waals surface area (Å²) in [5, 5.41) is 9.89. The highest BCUT2D eigenvalue weighted by Crippen LogP contribution is 2.29.